The van der Waals surface area contributed by atoms with Crippen LogP contribution < -0.4 is 5.56 Å². The second-order valence-corrected chi connectivity index (χ2v) is 4.53. The lowest BCUT2D eigenvalue weighted by Crippen LogP contribution is -2.22. The third-order valence-corrected chi connectivity index (χ3v) is 2.90. The van der Waals surface area contributed by atoms with E-state index in [1.165, 1.54) is 0 Å². The molecule has 78 valence electrons. The molecule has 1 heterocycles. The SMILES string of the molecule is O=c1c(I)cncn1CCCCCCl. The summed E-state index contributed by atoms with van der Waals surface area (Å²) < 4.78 is 2.32. The van der Waals surface area contributed by atoms with E-state index in [9.17, 15) is 4.79 Å². The van der Waals surface area contributed by atoms with Crippen molar-refractivity contribution < 1.29 is 0 Å². The number of hydrogen-bond donors (Lipinski definition) is 0. The lowest BCUT2D eigenvalue weighted by atomic mass is 10.2. The average molecular weight is 327 g/mol. The molecule has 1 aromatic rings. The molecule has 0 aliphatic carbocycles. The molecule has 0 aliphatic heterocycles. The smallest absolute Gasteiger partial charge is 0.266 e. The Morgan fingerprint density at radius 1 is 1.43 bits per heavy atom. The van der Waals surface area contributed by atoms with Gasteiger partial charge in [0.1, 0.15) is 0 Å². The van der Waals surface area contributed by atoms with Gasteiger partial charge in [0.2, 0.25) is 0 Å². The molecule has 14 heavy (non-hydrogen) atoms. The Morgan fingerprint density at radius 2 is 2.21 bits per heavy atom. The summed E-state index contributed by atoms with van der Waals surface area (Å²) in [5.74, 6) is 0.694. The highest BCUT2D eigenvalue weighted by Crippen LogP contribution is 1.99. The highest BCUT2D eigenvalue weighted by molar-refractivity contribution is 14.1. The highest BCUT2D eigenvalue weighted by atomic mass is 127. The Balaban J connectivity index is 2.51. The van der Waals surface area contributed by atoms with E-state index < -0.39 is 0 Å². The van der Waals surface area contributed by atoms with Gasteiger partial charge in [-0.15, -0.1) is 11.6 Å². The number of halogens is 2. The first-order valence-corrected chi connectivity index (χ1v) is 6.13. The van der Waals surface area contributed by atoms with E-state index >= 15 is 0 Å². The fourth-order valence-corrected chi connectivity index (χ4v) is 1.80. The summed E-state index contributed by atoms with van der Waals surface area (Å²) >= 11 is 7.56. The van der Waals surface area contributed by atoms with E-state index in [2.05, 4.69) is 4.98 Å². The highest BCUT2D eigenvalue weighted by Gasteiger charge is 1.99. The van der Waals surface area contributed by atoms with Crippen molar-refractivity contribution in [1.29, 1.82) is 0 Å². The number of unbranched alkanes of at least 4 members (excludes halogenated alkanes) is 2. The predicted octanol–water partition coefficient (Wildman–Crippen LogP) is 2.26. The zero-order valence-corrected chi connectivity index (χ0v) is 10.7. The van der Waals surface area contributed by atoms with Crippen LogP contribution in [0.25, 0.3) is 0 Å². The molecule has 3 nitrogen and oxygen atoms in total. The van der Waals surface area contributed by atoms with E-state index in [-0.39, 0.29) is 5.56 Å². The summed E-state index contributed by atoms with van der Waals surface area (Å²) in [6.07, 6.45) is 6.22. The molecule has 0 amide bonds. The second-order valence-electron chi connectivity index (χ2n) is 2.99. The van der Waals surface area contributed by atoms with Crippen LogP contribution in [0.15, 0.2) is 17.3 Å². The molecule has 0 saturated carbocycles. The predicted molar refractivity (Wildman–Crippen MR) is 65.8 cm³/mol. The zero-order chi connectivity index (χ0) is 10.4. The number of aromatic nitrogens is 2. The van der Waals surface area contributed by atoms with Crippen LogP contribution in [0, 0.1) is 3.57 Å². The van der Waals surface area contributed by atoms with Crippen molar-refractivity contribution in [3.05, 3.63) is 26.4 Å². The number of nitrogens with zero attached hydrogens (tertiary/aromatic N) is 2. The fourth-order valence-electron chi connectivity index (χ4n) is 1.14. The summed E-state index contributed by atoms with van der Waals surface area (Å²) in [6, 6.07) is 0. The van der Waals surface area contributed by atoms with Gasteiger partial charge in [-0.2, -0.15) is 0 Å². The van der Waals surface area contributed by atoms with Crippen molar-refractivity contribution in [2.75, 3.05) is 5.88 Å². The van der Waals surface area contributed by atoms with Gasteiger partial charge in [-0.25, -0.2) is 4.98 Å². The molecule has 0 N–H and O–H groups in total. The van der Waals surface area contributed by atoms with Crippen molar-refractivity contribution in [2.24, 2.45) is 0 Å². The average Bonchev–Trinajstić information content (AvgIpc) is 2.19. The van der Waals surface area contributed by atoms with E-state index in [0.717, 1.165) is 25.8 Å². The number of rotatable bonds is 5. The van der Waals surface area contributed by atoms with Gasteiger partial charge in [-0.1, -0.05) is 6.42 Å². The molecule has 0 aliphatic rings. The van der Waals surface area contributed by atoms with Crippen molar-refractivity contribution in [3.63, 3.8) is 0 Å². The first-order valence-electron chi connectivity index (χ1n) is 4.51. The third kappa shape index (κ3) is 3.57. The van der Waals surface area contributed by atoms with Gasteiger partial charge in [0.05, 0.1) is 9.90 Å². The minimum absolute atomic E-state index is 0.0477. The monoisotopic (exact) mass is 326 g/mol. The number of hydrogen-bond acceptors (Lipinski definition) is 2. The Labute approximate surface area is 102 Å². The van der Waals surface area contributed by atoms with Gasteiger partial charge >= 0.3 is 0 Å². The molecular formula is C9H12ClIN2O. The molecule has 0 fully saturated rings. The maximum absolute atomic E-state index is 11.5. The molecule has 0 atom stereocenters. The normalized spacial score (nSPS) is 10.4. The van der Waals surface area contributed by atoms with Gasteiger partial charge < -0.3 is 0 Å². The van der Waals surface area contributed by atoms with Crippen LogP contribution in [0.5, 0.6) is 0 Å². The van der Waals surface area contributed by atoms with E-state index in [1.54, 1.807) is 17.1 Å². The quantitative estimate of drug-likeness (QED) is 0.473. The molecule has 1 aromatic heterocycles. The number of alkyl halides is 1. The molecule has 1 rings (SSSR count). The molecule has 0 radical (unpaired) electrons. The summed E-state index contributed by atoms with van der Waals surface area (Å²) in [7, 11) is 0. The Bertz CT molecular complexity index is 340. The molecule has 0 spiro atoms. The first-order chi connectivity index (χ1) is 6.75. The zero-order valence-electron chi connectivity index (χ0n) is 7.75. The topological polar surface area (TPSA) is 34.9 Å². The van der Waals surface area contributed by atoms with E-state index in [1.807, 2.05) is 22.6 Å². The van der Waals surface area contributed by atoms with E-state index in [0.29, 0.717) is 9.45 Å². The van der Waals surface area contributed by atoms with Crippen LogP contribution >= 0.6 is 34.2 Å². The van der Waals surface area contributed by atoms with E-state index in [4.69, 9.17) is 11.6 Å². The minimum Gasteiger partial charge on any atom is -0.298 e. The van der Waals surface area contributed by atoms with Gasteiger partial charge in [-0.05, 0) is 35.4 Å². The lowest BCUT2D eigenvalue weighted by molar-refractivity contribution is 0.578. The van der Waals surface area contributed by atoms with Crippen LogP contribution in [-0.4, -0.2) is 15.4 Å². The van der Waals surface area contributed by atoms with Gasteiger partial charge in [-0.3, -0.25) is 9.36 Å². The third-order valence-electron chi connectivity index (χ3n) is 1.89. The van der Waals surface area contributed by atoms with Gasteiger partial charge in [0.15, 0.2) is 0 Å². The number of aryl methyl sites for hydroxylation is 1. The summed E-state index contributed by atoms with van der Waals surface area (Å²) in [4.78, 5) is 15.5. The Kier molecular flexibility index (Phi) is 5.47. The van der Waals surface area contributed by atoms with Crippen molar-refractivity contribution in [2.45, 2.75) is 25.8 Å². The maximum Gasteiger partial charge on any atom is 0.266 e. The van der Waals surface area contributed by atoms with Crippen molar-refractivity contribution in [1.82, 2.24) is 9.55 Å². The Hall–Kier alpha value is -0.100. The van der Waals surface area contributed by atoms with Crippen LogP contribution in [0.4, 0.5) is 0 Å². The minimum atomic E-state index is 0.0477. The molecule has 5 heteroatoms. The maximum atomic E-state index is 11.5. The van der Waals surface area contributed by atoms with Crippen LogP contribution in [-0.2, 0) is 6.54 Å². The van der Waals surface area contributed by atoms with Gasteiger partial charge in [0.25, 0.3) is 5.56 Å². The molecule has 0 bridgehead atoms. The Morgan fingerprint density at radius 3 is 2.93 bits per heavy atom. The molecular weight excluding hydrogens is 314 g/mol. The largest absolute Gasteiger partial charge is 0.298 e. The standard InChI is InChI=1S/C9H12ClIN2O/c10-4-2-1-3-5-13-7-12-6-8(11)9(13)14/h6-7H,1-5H2. The van der Waals surface area contributed by atoms with Crippen molar-refractivity contribution in [3.8, 4) is 0 Å². The summed E-state index contributed by atoms with van der Waals surface area (Å²) in [5, 5.41) is 0. The molecule has 0 aromatic carbocycles. The molecule has 0 unspecified atom stereocenters. The summed E-state index contributed by atoms with van der Waals surface area (Å²) in [6.45, 7) is 0.736. The van der Waals surface area contributed by atoms with Gasteiger partial charge in [0, 0.05) is 18.6 Å². The van der Waals surface area contributed by atoms with Crippen LogP contribution in [0.2, 0.25) is 0 Å². The fraction of sp³-hybridized carbons (Fsp3) is 0.556. The lowest BCUT2D eigenvalue weighted by Gasteiger charge is -2.03. The molecule has 0 saturated heterocycles. The van der Waals surface area contributed by atoms with Crippen LogP contribution in [0.3, 0.4) is 0 Å². The second kappa shape index (κ2) is 6.40. The summed E-state index contributed by atoms with van der Waals surface area (Å²) in [5.41, 5.74) is 0.0477. The first kappa shape index (κ1) is 12.0. The van der Waals surface area contributed by atoms with Crippen LogP contribution in [0.1, 0.15) is 19.3 Å². The van der Waals surface area contributed by atoms with Crippen molar-refractivity contribution >= 4 is 34.2 Å².